The number of hydrogen-bond acceptors (Lipinski definition) is 4. The smallest absolute Gasteiger partial charge is 0.0795 e. The summed E-state index contributed by atoms with van der Waals surface area (Å²) in [5.41, 5.74) is 3.07. The van der Waals surface area contributed by atoms with E-state index in [0.717, 1.165) is 6.54 Å². The summed E-state index contributed by atoms with van der Waals surface area (Å²) in [5.74, 6) is 1.29. The molecule has 0 bridgehead atoms. The van der Waals surface area contributed by atoms with Crippen LogP contribution in [0.2, 0.25) is 0 Å². The molecule has 0 saturated heterocycles. The SMILES string of the molecule is CSCCCCCNC(C)c1cscn1. The topological polar surface area (TPSA) is 24.9 Å². The van der Waals surface area contributed by atoms with Gasteiger partial charge in [-0.15, -0.1) is 11.3 Å². The number of thioether (sulfide) groups is 1. The van der Waals surface area contributed by atoms with E-state index < -0.39 is 0 Å². The number of unbranched alkanes of at least 4 members (excludes halogenated alkanes) is 2. The molecule has 0 saturated carbocycles. The third-order valence-corrected chi connectivity index (χ3v) is 3.67. The summed E-state index contributed by atoms with van der Waals surface area (Å²) in [6, 6.07) is 0.400. The summed E-state index contributed by atoms with van der Waals surface area (Å²) in [7, 11) is 0. The summed E-state index contributed by atoms with van der Waals surface area (Å²) in [4.78, 5) is 4.30. The first-order valence-corrected chi connectivity index (χ1v) is 7.78. The van der Waals surface area contributed by atoms with Crippen LogP contribution in [0.5, 0.6) is 0 Å². The fraction of sp³-hybridized carbons (Fsp3) is 0.727. The third-order valence-electron chi connectivity index (χ3n) is 2.37. The highest BCUT2D eigenvalue weighted by Gasteiger charge is 2.04. The minimum Gasteiger partial charge on any atom is -0.309 e. The van der Waals surface area contributed by atoms with Gasteiger partial charge in [-0.2, -0.15) is 11.8 Å². The minimum atomic E-state index is 0.400. The summed E-state index contributed by atoms with van der Waals surface area (Å²) >= 11 is 3.60. The average molecular weight is 244 g/mol. The molecule has 0 radical (unpaired) electrons. The molecule has 0 fully saturated rings. The molecule has 0 amide bonds. The van der Waals surface area contributed by atoms with Gasteiger partial charge in [-0.25, -0.2) is 4.98 Å². The molecule has 1 aromatic rings. The van der Waals surface area contributed by atoms with Gasteiger partial charge in [0.1, 0.15) is 0 Å². The van der Waals surface area contributed by atoms with Gasteiger partial charge < -0.3 is 5.32 Å². The minimum absolute atomic E-state index is 0.400. The monoisotopic (exact) mass is 244 g/mol. The lowest BCUT2D eigenvalue weighted by Crippen LogP contribution is -2.20. The molecule has 0 aromatic carbocycles. The van der Waals surface area contributed by atoms with E-state index in [-0.39, 0.29) is 0 Å². The Kier molecular flexibility index (Phi) is 7.05. The van der Waals surface area contributed by atoms with Crippen molar-refractivity contribution >= 4 is 23.1 Å². The Bertz CT molecular complexity index is 237. The van der Waals surface area contributed by atoms with Crippen LogP contribution in [0.4, 0.5) is 0 Å². The Labute approximate surface area is 101 Å². The second-order valence-corrected chi connectivity index (χ2v) is 5.35. The molecule has 0 aliphatic rings. The predicted octanol–water partition coefficient (Wildman–Crippen LogP) is 3.33. The first-order chi connectivity index (χ1) is 7.34. The van der Waals surface area contributed by atoms with Crippen LogP contribution in [-0.4, -0.2) is 23.5 Å². The van der Waals surface area contributed by atoms with E-state index in [1.807, 2.05) is 17.3 Å². The highest BCUT2D eigenvalue weighted by atomic mass is 32.2. The van der Waals surface area contributed by atoms with E-state index in [4.69, 9.17) is 0 Å². The summed E-state index contributed by atoms with van der Waals surface area (Å²) in [6.45, 7) is 3.28. The van der Waals surface area contributed by atoms with Crippen molar-refractivity contribution in [3.05, 3.63) is 16.6 Å². The Morgan fingerprint density at radius 1 is 1.47 bits per heavy atom. The highest BCUT2D eigenvalue weighted by Crippen LogP contribution is 2.11. The predicted molar refractivity (Wildman–Crippen MR) is 70.8 cm³/mol. The summed E-state index contributed by atoms with van der Waals surface area (Å²) < 4.78 is 0. The van der Waals surface area contributed by atoms with Crippen molar-refractivity contribution in [2.75, 3.05) is 18.6 Å². The number of thiazole rings is 1. The molecule has 1 aromatic heterocycles. The van der Waals surface area contributed by atoms with Crippen molar-refractivity contribution < 1.29 is 0 Å². The number of nitrogens with one attached hydrogen (secondary N) is 1. The lowest BCUT2D eigenvalue weighted by molar-refractivity contribution is 0.537. The fourth-order valence-electron chi connectivity index (χ4n) is 1.41. The zero-order valence-corrected chi connectivity index (χ0v) is 11.2. The van der Waals surface area contributed by atoms with Crippen molar-refractivity contribution in [1.29, 1.82) is 0 Å². The van der Waals surface area contributed by atoms with Gasteiger partial charge in [0, 0.05) is 11.4 Å². The van der Waals surface area contributed by atoms with Gasteiger partial charge in [-0.3, -0.25) is 0 Å². The molecule has 0 spiro atoms. The fourth-order valence-corrected chi connectivity index (χ4v) is 2.55. The zero-order valence-electron chi connectivity index (χ0n) is 9.53. The molecule has 0 aliphatic heterocycles. The summed E-state index contributed by atoms with van der Waals surface area (Å²) in [6.07, 6.45) is 6.11. The average Bonchev–Trinajstić information content (AvgIpc) is 2.76. The molecule has 2 nitrogen and oxygen atoms in total. The molecule has 4 heteroatoms. The second kappa shape index (κ2) is 8.13. The van der Waals surface area contributed by atoms with Crippen LogP contribution in [-0.2, 0) is 0 Å². The van der Waals surface area contributed by atoms with E-state index in [0.29, 0.717) is 6.04 Å². The molecule has 1 N–H and O–H groups in total. The maximum Gasteiger partial charge on any atom is 0.0795 e. The summed E-state index contributed by atoms with van der Waals surface area (Å²) in [5, 5.41) is 5.62. The molecule has 0 aliphatic carbocycles. The van der Waals surface area contributed by atoms with Crippen LogP contribution < -0.4 is 5.32 Å². The lowest BCUT2D eigenvalue weighted by atomic mass is 10.2. The van der Waals surface area contributed by atoms with E-state index >= 15 is 0 Å². The Morgan fingerprint density at radius 3 is 3.00 bits per heavy atom. The van der Waals surface area contributed by atoms with Gasteiger partial charge in [0.15, 0.2) is 0 Å². The van der Waals surface area contributed by atoms with Crippen molar-refractivity contribution in [2.45, 2.75) is 32.2 Å². The quantitative estimate of drug-likeness (QED) is 0.710. The molecule has 1 unspecified atom stereocenters. The van der Waals surface area contributed by atoms with Gasteiger partial charge >= 0.3 is 0 Å². The largest absolute Gasteiger partial charge is 0.309 e. The van der Waals surface area contributed by atoms with Crippen molar-refractivity contribution in [3.63, 3.8) is 0 Å². The molecule has 15 heavy (non-hydrogen) atoms. The van der Waals surface area contributed by atoms with Crippen molar-refractivity contribution in [1.82, 2.24) is 10.3 Å². The molecule has 1 rings (SSSR count). The van der Waals surface area contributed by atoms with E-state index in [1.54, 1.807) is 11.3 Å². The van der Waals surface area contributed by atoms with Crippen LogP contribution in [0.1, 0.15) is 37.9 Å². The van der Waals surface area contributed by atoms with Crippen LogP contribution in [0.25, 0.3) is 0 Å². The van der Waals surface area contributed by atoms with Gasteiger partial charge in [-0.1, -0.05) is 6.42 Å². The number of nitrogens with zero attached hydrogens (tertiary/aromatic N) is 1. The van der Waals surface area contributed by atoms with Gasteiger partial charge in [0.2, 0.25) is 0 Å². The van der Waals surface area contributed by atoms with Crippen LogP contribution in [0.3, 0.4) is 0 Å². The lowest BCUT2D eigenvalue weighted by Gasteiger charge is -2.10. The van der Waals surface area contributed by atoms with E-state index in [2.05, 4.69) is 28.9 Å². The van der Waals surface area contributed by atoms with Crippen LogP contribution in [0.15, 0.2) is 10.9 Å². The number of rotatable bonds is 8. The second-order valence-electron chi connectivity index (χ2n) is 3.64. The van der Waals surface area contributed by atoms with Gasteiger partial charge in [0.05, 0.1) is 11.2 Å². The van der Waals surface area contributed by atoms with Crippen LogP contribution >= 0.6 is 23.1 Å². The Morgan fingerprint density at radius 2 is 2.33 bits per heavy atom. The molecule has 86 valence electrons. The highest BCUT2D eigenvalue weighted by molar-refractivity contribution is 7.98. The van der Waals surface area contributed by atoms with Gasteiger partial charge in [0.25, 0.3) is 0 Å². The van der Waals surface area contributed by atoms with Gasteiger partial charge in [-0.05, 0) is 38.3 Å². The standard InChI is InChI=1S/C11H20N2S2/c1-10(11-8-15-9-13-11)12-6-4-3-5-7-14-2/h8-10,12H,3-7H2,1-2H3. The number of hydrogen-bond donors (Lipinski definition) is 1. The maximum absolute atomic E-state index is 4.30. The number of aromatic nitrogens is 1. The van der Waals surface area contributed by atoms with Crippen molar-refractivity contribution in [3.8, 4) is 0 Å². The molecular formula is C11H20N2S2. The Hall–Kier alpha value is -0.0600. The zero-order chi connectivity index (χ0) is 10.9. The Balaban J connectivity index is 2.00. The molecule has 1 atom stereocenters. The first kappa shape index (κ1) is 13.0. The third kappa shape index (κ3) is 5.54. The first-order valence-electron chi connectivity index (χ1n) is 5.45. The normalized spacial score (nSPS) is 12.9. The molecular weight excluding hydrogens is 224 g/mol. The maximum atomic E-state index is 4.30. The van der Waals surface area contributed by atoms with E-state index in [1.165, 1.54) is 30.7 Å². The molecule has 1 heterocycles. The van der Waals surface area contributed by atoms with Crippen molar-refractivity contribution in [2.24, 2.45) is 0 Å². The van der Waals surface area contributed by atoms with Crippen LogP contribution in [0, 0.1) is 0 Å². The van der Waals surface area contributed by atoms with E-state index in [9.17, 15) is 0 Å².